The zero-order chi connectivity index (χ0) is 15.6. The zero-order valence-corrected chi connectivity index (χ0v) is 11.3. The third-order valence-corrected chi connectivity index (χ3v) is 3.11. The molecule has 0 bridgehead atoms. The number of halogens is 4. The molecule has 0 fully saturated rings. The molecule has 0 radical (unpaired) electrons. The molecule has 112 valence electrons. The van der Waals surface area contributed by atoms with E-state index in [9.17, 15) is 17.6 Å². The van der Waals surface area contributed by atoms with Gasteiger partial charge in [-0.2, -0.15) is 13.2 Å². The predicted molar refractivity (Wildman–Crippen MR) is 74.4 cm³/mol. The normalized spacial score (nSPS) is 11.5. The summed E-state index contributed by atoms with van der Waals surface area (Å²) < 4.78 is 52.7. The lowest BCUT2D eigenvalue weighted by atomic mass is 10.1. The Balaban J connectivity index is 2.34. The van der Waals surface area contributed by atoms with Crippen molar-refractivity contribution in [2.75, 3.05) is 17.7 Å². The largest absolute Gasteiger partial charge is 0.416 e. The van der Waals surface area contributed by atoms with E-state index in [1.54, 1.807) is 6.07 Å². The van der Waals surface area contributed by atoms with Gasteiger partial charge in [0.05, 0.1) is 11.3 Å². The maximum absolute atomic E-state index is 13.7. The molecule has 0 amide bonds. The maximum atomic E-state index is 13.7. The van der Waals surface area contributed by atoms with Gasteiger partial charge in [0.15, 0.2) is 0 Å². The third kappa shape index (κ3) is 3.45. The smallest absolute Gasteiger partial charge is 0.399 e. The molecule has 6 heteroatoms. The van der Waals surface area contributed by atoms with Crippen LogP contribution in [0, 0.1) is 5.82 Å². The second-order valence-electron chi connectivity index (χ2n) is 4.72. The summed E-state index contributed by atoms with van der Waals surface area (Å²) in [6.07, 6.45) is -4.50. The van der Waals surface area contributed by atoms with Gasteiger partial charge >= 0.3 is 6.18 Å². The lowest BCUT2D eigenvalue weighted by molar-refractivity contribution is -0.138. The van der Waals surface area contributed by atoms with E-state index in [0.717, 1.165) is 6.07 Å². The molecule has 0 saturated heterocycles. The van der Waals surface area contributed by atoms with Crippen LogP contribution in [0.5, 0.6) is 0 Å². The molecule has 0 atom stereocenters. The van der Waals surface area contributed by atoms with Crippen molar-refractivity contribution >= 4 is 11.4 Å². The maximum Gasteiger partial charge on any atom is 0.416 e. The molecule has 0 aliphatic rings. The van der Waals surface area contributed by atoms with E-state index in [1.807, 2.05) is 0 Å². The molecule has 0 saturated carbocycles. The van der Waals surface area contributed by atoms with Gasteiger partial charge in [-0.15, -0.1) is 0 Å². The van der Waals surface area contributed by atoms with E-state index >= 15 is 0 Å². The Morgan fingerprint density at radius 1 is 1.10 bits per heavy atom. The standard InChI is InChI=1S/C15H14F4N2/c1-21(14-5-3-2-4-13(14)16)9-10-6-7-11(20)8-12(10)15(17,18)19/h2-8H,9,20H2,1H3. The van der Waals surface area contributed by atoms with Gasteiger partial charge in [-0.1, -0.05) is 18.2 Å². The number of hydrogen-bond acceptors (Lipinski definition) is 2. The summed E-state index contributed by atoms with van der Waals surface area (Å²) >= 11 is 0. The number of para-hydroxylation sites is 1. The summed E-state index contributed by atoms with van der Waals surface area (Å²) in [5, 5.41) is 0. The Morgan fingerprint density at radius 3 is 2.38 bits per heavy atom. The highest BCUT2D eigenvalue weighted by Gasteiger charge is 2.33. The van der Waals surface area contributed by atoms with Crippen molar-refractivity contribution in [3.05, 3.63) is 59.4 Å². The van der Waals surface area contributed by atoms with Crippen molar-refractivity contribution in [3.63, 3.8) is 0 Å². The van der Waals surface area contributed by atoms with Crippen LogP contribution < -0.4 is 10.6 Å². The van der Waals surface area contributed by atoms with Crippen LogP contribution in [0.1, 0.15) is 11.1 Å². The highest BCUT2D eigenvalue weighted by atomic mass is 19.4. The van der Waals surface area contributed by atoms with Gasteiger partial charge in [0.2, 0.25) is 0 Å². The van der Waals surface area contributed by atoms with Gasteiger partial charge in [0.1, 0.15) is 5.82 Å². The number of rotatable bonds is 3. The first-order chi connectivity index (χ1) is 9.79. The van der Waals surface area contributed by atoms with Gasteiger partial charge in [-0.3, -0.25) is 0 Å². The van der Waals surface area contributed by atoms with Crippen LogP contribution >= 0.6 is 0 Å². The molecule has 0 aromatic heterocycles. The molecule has 2 rings (SSSR count). The lowest BCUT2D eigenvalue weighted by Crippen LogP contribution is -2.21. The van der Waals surface area contributed by atoms with Crippen molar-refractivity contribution in [3.8, 4) is 0 Å². The second kappa shape index (κ2) is 5.63. The van der Waals surface area contributed by atoms with E-state index < -0.39 is 17.6 Å². The molecule has 0 aliphatic heterocycles. The Morgan fingerprint density at radius 2 is 1.76 bits per heavy atom. The van der Waals surface area contributed by atoms with Gasteiger partial charge in [0, 0.05) is 19.3 Å². The number of anilines is 2. The fraction of sp³-hybridized carbons (Fsp3) is 0.200. The van der Waals surface area contributed by atoms with Crippen LogP contribution in [-0.2, 0) is 12.7 Å². The minimum atomic E-state index is -4.50. The van der Waals surface area contributed by atoms with Crippen molar-refractivity contribution in [2.24, 2.45) is 0 Å². The molecule has 0 aliphatic carbocycles. The molecule has 2 N–H and O–H groups in total. The summed E-state index contributed by atoms with van der Waals surface area (Å²) in [6, 6.07) is 9.54. The van der Waals surface area contributed by atoms with Gasteiger partial charge in [-0.25, -0.2) is 4.39 Å². The van der Waals surface area contributed by atoms with Crippen molar-refractivity contribution in [1.29, 1.82) is 0 Å². The number of nitrogens with zero attached hydrogens (tertiary/aromatic N) is 1. The summed E-state index contributed by atoms with van der Waals surface area (Å²) in [4.78, 5) is 1.43. The average molecular weight is 298 g/mol. The number of alkyl halides is 3. The molecule has 21 heavy (non-hydrogen) atoms. The van der Waals surface area contributed by atoms with E-state index in [2.05, 4.69) is 0 Å². The van der Waals surface area contributed by atoms with Crippen LogP contribution in [0.15, 0.2) is 42.5 Å². The predicted octanol–water partition coefficient (Wildman–Crippen LogP) is 4.06. The van der Waals surface area contributed by atoms with Crippen molar-refractivity contribution < 1.29 is 17.6 Å². The SMILES string of the molecule is CN(Cc1ccc(N)cc1C(F)(F)F)c1ccccc1F. The highest BCUT2D eigenvalue weighted by molar-refractivity contribution is 5.50. The summed E-state index contributed by atoms with van der Waals surface area (Å²) in [5.74, 6) is -0.482. The first-order valence-electron chi connectivity index (χ1n) is 6.20. The minimum Gasteiger partial charge on any atom is -0.399 e. The van der Waals surface area contributed by atoms with Crippen LogP contribution in [0.4, 0.5) is 28.9 Å². The Bertz CT molecular complexity index is 638. The fourth-order valence-corrected chi connectivity index (χ4v) is 2.10. The van der Waals surface area contributed by atoms with E-state index in [4.69, 9.17) is 5.73 Å². The molecule has 0 unspecified atom stereocenters. The molecular formula is C15H14F4N2. The first-order valence-corrected chi connectivity index (χ1v) is 6.20. The fourth-order valence-electron chi connectivity index (χ4n) is 2.10. The van der Waals surface area contributed by atoms with E-state index in [1.165, 1.54) is 42.3 Å². The molecular weight excluding hydrogens is 284 g/mol. The molecule has 0 heterocycles. The van der Waals surface area contributed by atoms with Crippen molar-refractivity contribution in [2.45, 2.75) is 12.7 Å². The number of benzene rings is 2. The molecule has 2 aromatic carbocycles. The number of hydrogen-bond donors (Lipinski definition) is 1. The highest BCUT2D eigenvalue weighted by Crippen LogP contribution is 2.34. The van der Waals surface area contributed by atoms with Gasteiger partial charge in [0.25, 0.3) is 0 Å². The number of nitrogens with two attached hydrogens (primary N) is 1. The van der Waals surface area contributed by atoms with Crippen LogP contribution in [-0.4, -0.2) is 7.05 Å². The third-order valence-electron chi connectivity index (χ3n) is 3.11. The Labute approximate surface area is 119 Å². The minimum absolute atomic E-state index is 0.0413. The van der Waals surface area contributed by atoms with Crippen LogP contribution in [0.25, 0.3) is 0 Å². The second-order valence-corrected chi connectivity index (χ2v) is 4.72. The van der Waals surface area contributed by atoms with Crippen molar-refractivity contribution in [1.82, 2.24) is 0 Å². The zero-order valence-electron chi connectivity index (χ0n) is 11.3. The lowest BCUT2D eigenvalue weighted by Gasteiger charge is -2.22. The van der Waals surface area contributed by atoms with Crippen LogP contribution in [0.2, 0.25) is 0 Å². The monoisotopic (exact) mass is 298 g/mol. The Hall–Kier alpha value is -2.24. The molecule has 2 aromatic rings. The average Bonchev–Trinajstić information content (AvgIpc) is 2.40. The topological polar surface area (TPSA) is 29.3 Å². The van der Waals surface area contributed by atoms with E-state index in [0.29, 0.717) is 0 Å². The molecule has 2 nitrogen and oxygen atoms in total. The quantitative estimate of drug-likeness (QED) is 0.684. The van der Waals surface area contributed by atoms with Crippen LogP contribution in [0.3, 0.4) is 0 Å². The summed E-state index contributed by atoms with van der Waals surface area (Å²) in [5.41, 5.74) is 4.94. The summed E-state index contributed by atoms with van der Waals surface area (Å²) in [6.45, 7) is -0.0734. The molecule has 0 spiro atoms. The first kappa shape index (κ1) is 15.2. The van der Waals surface area contributed by atoms with Gasteiger partial charge in [-0.05, 0) is 29.8 Å². The Kier molecular flexibility index (Phi) is 4.06. The van der Waals surface area contributed by atoms with Gasteiger partial charge < -0.3 is 10.6 Å². The number of nitrogen functional groups attached to an aromatic ring is 1. The van der Waals surface area contributed by atoms with E-state index in [-0.39, 0.29) is 23.5 Å². The summed E-state index contributed by atoms with van der Waals surface area (Å²) in [7, 11) is 1.54.